The van der Waals surface area contributed by atoms with Gasteiger partial charge in [-0.1, -0.05) is 6.08 Å². The summed E-state index contributed by atoms with van der Waals surface area (Å²) in [6, 6.07) is 4.01. The predicted octanol–water partition coefficient (Wildman–Crippen LogP) is 2.36. The molecule has 1 aliphatic carbocycles. The zero-order valence-corrected chi connectivity index (χ0v) is 8.39. The van der Waals surface area contributed by atoms with E-state index in [4.69, 9.17) is 5.11 Å². The third-order valence-electron chi connectivity index (χ3n) is 2.86. The molecule has 0 saturated heterocycles. The summed E-state index contributed by atoms with van der Waals surface area (Å²) in [6.07, 6.45) is 7.82. The van der Waals surface area contributed by atoms with E-state index in [-0.39, 0.29) is 0 Å². The second kappa shape index (κ2) is 4.26. The molecule has 15 heavy (non-hydrogen) atoms. The standard InChI is InChI=1S/C12H13NO2/c14-12(15)11-3-1-9(2-4-11)10-5-7-13-8-6-10/h3,5-9H,1-2,4H2,(H,14,15). The minimum Gasteiger partial charge on any atom is -0.478 e. The van der Waals surface area contributed by atoms with Crippen LogP contribution >= 0.6 is 0 Å². The smallest absolute Gasteiger partial charge is 0.331 e. The summed E-state index contributed by atoms with van der Waals surface area (Å²) >= 11 is 0. The number of aromatic nitrogens is 1. The van der Waals surface area contributed by atoms with Gasteiger partial charge in [0.2, 0.25) is 0 Å². The molecule has 0 fully saturated rings. The van der Waals surface area contributed by atoms with Crippen LogP contribution < -0.4 is 0 Å². The Hall–Kier alpha value is -1.64. The molecule has 2 rings (SSSR count). The Morgan fingerprint density at radius 1 is 1.40 bits per heavy atom. The maximum absolute atomic E-state index is 10.7. The summed E-state index contributed by atoms with van der Waals surface area (Å²) in [5.74, 6) is -0.320. The fraction of sp³-hybridized carbons (Fsp3) is 0.333. The van der Waals surface area contributed by atoms with Gasteiger partial charge in [0.1, 0.15) is 0 Å². The molecule has 0 radical (unpaired) electrons. The highest BCUT2D eigenvalue weighted by Gasteiger charge is 2.19. The molecular weight excluding hydrogens is 190 g/mol. The molecule has 3 heteroatoms. The third kappa shape index (κ3) is 2.24. The van der Waals surface area contributed by atoms with E-state index in [2.05, 4.69) is 4.98 Å². The van der Waals surface area contributed by atoms with Gasteiger partial charge in [-0.25, -0.2) is 4.79 Å². The molecule has 0 aliphatic heterocycles. The van der Waals surface area contributed by atoms with Crippen LogP contribution in [0.3, 0.4) is 0 Å². The molecule has 1 atom stereocenters. The highest BCUT2D eigenvalue weighted by molar-refractivity contribution is 5.86. The first-order valence-corrected chi connectivity index (χ1v) is 5.09. The average molecular weight is 203 g/mol. The Morgan fingerprint density at radius 3 is 2.67 bits per heavy atom. The molecule has 0 bridgehead atoms. The van der Waals surface area contributed by atoms with E-state index in [0.717, 1.165) is 12.8 Å². The van der Waals surface area contributed by atoms with Crippen LogP contribution in [-0.2, 0) is 4.79 Å². The lowest BCUT2D eigenvalue weighted by atomic mass is 9.85. The van der Waals surface area contributed by atoms with E-state index in [0.29, 0.717) is 17.9 Å². The Bertz CT molecular complexity index is 384. The summed E-state index contributed by atoms with van der Waals surface area (Å²) in [5.41, 5.74) is 1.81. The van der Waals surface area contributed by atoms with Crippen molar-refractivity contribution in [3.8, 4) is 0 Å². The summed E-state index contributed by atoms with van der Waals surface area (Å²) in [5, 5.41) is 8.82. The normalized spacial score (nSPS) is 20.8. The molecule has 1 aromatic rings. The monoisotopic (exact) mass is 203 g/mol. The minimum absolute atomic E-state index is 0.455. The lowest BCUT2D eigenvalue weighted by Crippen LogP contribution is -2.09. The van der Waals surface area contributed by atoms with Gasteiger partial charge >= 0.3 is 5.97 Å². The maximum Gasteiger partial charge on any atom is 0.331 e. The zero-order valence-electron chi connectivity index (χ0n) is 8.39. The second-order valence-corrected chi connectivity index (χ2v) is 3.79. The molecular formula is C12H13NO2. The van der Waals surface area contributed by atoms with Crippen LogP contribution in [0.4, 0.5) is 0 Å². The zero-order chi connectivity index (χ0) is 10.7. The lowest BCUT2D eigenvalue weighted by molar-refractivity contribution is -0.132. The maximum atomic E-state index is 10.7. The number of pyridine rings is 1. The molecule has 1 N–H and O–H groups in total. The van der Waals surface area contributed by atoms with Crippen LogP contribution in [-0.4, -0.2) is 16.1 Å². The first kappa shape index (κ1) is 9.90. The Morgan fingerprint density at radius 2 is 2.13 bits per heavy atom. The third-order valence-corrected chi connectivity index (χ3v) is 2.86. The first-order chi connectivity index (χ1) is 7.27. The molecule has 1 unspecified atom stereocenters. The quantitative estimate of drug-likeness (QED) is 0.802. The van der Waals surface area contributed by atoms with Crippen molar-refractivity contribution in [2.24, 2.45) is 0 Å². The van der Waals surface area contributed by atoms with Gasteiger partial charge in [-0.2, -0.15) is 0 Å². The molecule has 78 valence electrons. The average Bonchev–Trinajstić information content (AvgIpc) is 2.30. The van der Waals surface area contributed by atoms with Crippen molar-refractivity contribution in [3.05, 3.63) is 41.7 Å². The van der Waals surface area contributed by atoms with Gasteiger partial charge < -0.3 is 5.11 Å². The minimum atomic E-state index is -0.775. The van der Waals surface area contributed by atoms with Crippen molar-refractivity contribution in [1.82, 2.24) is 4.98 Å². The molecule has 0 saturated carbocycles. The van der Waals surface area contributed by atoms with Crippen molar-refractivity contribution in [2.75, 3.05) is 0 Å². The van der Waals surface area contributed by atoms with E-state index >= 15 is 0 Å². The Kier molecular flexibility index (Phi) is 2.81. The van der Waals surface area contributed by atoms with Gasteiger partial charge in [-0.05, 0) is 42.9 Å². The van der Waals surface area contributed by atoms with Gasteiger partial charge in [0.05, 0.1) is 0 Å². The van der Waals surface area contributed by atoms with Gasteiger partial charge in [0.15, 0.2) is 0 Å². The number of nitrogens with zero attached hydrogens (tertiary/aromatic N) is 1. The molecule has 0 spiro atoms. The molecule has 1 aliphatic rings. The fourth-order valence-electron chi connectivity index (χ4n) is 1.97. The molecule has 1 heterocycles. The van der Waals surface area contributed by atoms with Gasteiger partial charge in [-0.15, -0.1) is 0 Å². The number of hydrogen-bond acceptors (Lipinski definition) is 2. The second-order valence-electron chi connectivity index (χ2n) is 3.79. The number of carbonyl (C=O) groups is 1. The number of carboxylic acid groups (broad SMARTS) is 1. The topological polar surface area (TPSA) is 50.2 Å². The number of rotatable bonds is 2. The van der Waals surface area contributed by atoms with E-state index in [1.54, 1.807) is 12.4 Å². The molecule has 1 aromatic heterocycles. The number of hydrogen-bond donors (Lipinski definition) is 1. The number of allylic oxidation sites excluding steroid dienone is 1. The van der Waals surface area contributed by atoms with Crippen LogP contribution in [0.25, 0.3) is 0 Å². The van der Waals surface area contributed by atoms with Gasteiger partial charge in [-0.3, -0.25) is 4.98 Å². The van der Waals surface area contributed by atoms with Crippen LogP contribution in [0.1, 0.15) is 30.7 Å². The van der Waals surface area contributed by atoms with E-state index in [1.807, 2.05) is 18.2 Å². The van der Waals surface area contributed by atoms with Crippen molar-refractivity contribution >= 4 is 5.97 Å². The summed E-state index contributed by atoms with van der Waals surface area (Å²) in [4.78, 5) is 14.7. The fourth-order valence-corrected chi connectivity index (χ4v) is 1.97. The molecule has 0 amide bonds. The summed E-state index contributed by atoms with van der Waals surface area (Å²) in [6.45, 7) is 0. The van der Waals surface area contributed by atoms with E-state index in [9.17, 15) is 4.79 Å². The molecule has 0 aromatic carbocycles. The van der Waals surface area contributed by atoms with Crippen LogP contribution in [0.5, 0.6) is 0 Å². The number of carboxylic acids is 1. The summed E-state index contributed by atoms with van der Waals surface area (Å²) in [7, 11) is 0. The van der Waals surface area contributed by atoms with Crippen molar-refractivity contribution in [3.63, 3.8) is 0 Å². The lowest BCUT2D eigenvalue weighted by Gasteiger charge is -2.20. The predicted molar refractivity (Wildman–Crippen MR) is 56.5 cm³/mol. The first-order valence-electron chi connectivity index (χ1n) is 5.09. The van der Waals surface area contributed by atoms with E-state index < -0.39 is 5.97 Å². The van der Waals surface area contributed by atoms with Crippen LogP contribution in [0.15, 0.2) is 36.2 Å². The van der Waals surface area contributed by atoms with Gasteiger partial charge in [0, 0.05) is 18.0 Å². The van der Waals surface area contributed by atoms with Gasteiger partial charge in [0.25, 0.3) is 0 Å². The van der Waals surface area contributed by atoms with Crippen molar-refractivity contribution in [2.45, 2.75) is 25.2 Å². The SMILES string of the molecule is O=C(O)C1=CCC(c2ccncc2)CC1. The number of aliphatic carboxylic acids is 1. The highest BCUT2D eigenvalue weighted by atomic mass is 16.4. The summed E-state index contributed by atoms with van der Waals surface area (Å²) < 4.78 is 0. The van der Waals surface area contributed by atoms with Crippen LogP contribution in [0.2, 0.25) is 0 Å². The Balaban J connectivity index is 2.09. The molecule has 3 nitrogen and oxygen atoms in total. The van der Waals surface area contributed by atoms with Crippen LogP contribution in [0, 0.1) is 0 Å². The highest BCUT2D eigenvalue weighted by Crippen LogP contribution is 2.31. The van der Waals surface area contributed by atoms with E-state index in [1.165, 1.54) is 5.56 Å². The Labute approximate surface area is 88.5 Å². The largest absolute Gasteiger partial charge is 0.478 e. The van der Waals surface area contributed by atoms with Crippen molar-refractivity contribution < 1.29 is 9.90 Å². The van der Waals surface area contributed by atoms with Crippen molar-refractivity contribution in [1.29, 1.82) is 0 Å².